The molecule has 0 heterocycles. The van der Waals surface area contributed by atoms with Crippen LogP contribution in [0.3, 0.4) is 0 Å². The smallest absolute Gasteiger partial charge is 0.405 e. The standard InChI is InChI=1S/C25H23Cl2F6N3O5/c1-12(2)19(21(38)25(32,33)23(40)34-11-24(29,30)31)36-22(39)20(13-3-5-16(28)6-4-13)35-18(37)10-41-17-8-14(26)7-15(27)9-17/h3-9,12,19-20H,10-11H2,1-2H3,(H,34,40)(H,35,37)(H,36,39). The minimum absolute atomic E-state index is 0.0346. The van der Waals surface area contributed by atoms with Crippen molar-refractivity contribution in [2.45, 2.75) is 38.0 Å². The summed E-state index contributed by atoms with van der Waals surface area (Å²) in [5.41, 5.74) is -0.0346. The van der Waals surface area contributed by atoms with Crippen LogP contribution in [0.5, 0.6) is 5.75 Å². The number of amides is 3. The third kappa shape index (κ3) is 10.1. The second-order valence-corrected chi connectivity index (χ2v) is 9.79. The monoisotopic (exact) mass is 629 g/mol. The van der Waals surface area contributed by atoms with Crippen LogP contribution in [-0.2, 0) is 19.2 Å². The Morgan fingerprint density at radius 3 is 1.98 bits per heavy atom. The van der Waals surface area contributed by atoms with Gasteiger partial charge in [0.2, 0.25) is 11.7 Å². The Morgan fingerprint density at radius 1 is 0.902 bits per heavy atom. The lowest BCUT2D eigenvalue weighted by atomic mass is 9.94. The zero-order valence-corrected chi connectivity index (χ0v) is 22.8. The van der Waals surface area contributed by atoms with Gasteiger partial charge in [-0.15, -0.1) is 0 Å². The minimum atomic E-state index is -5.02. The van der Waals surface area contributed by atoms with Gasteiger partial charge in [-0.3, -0.25) is 19.2 Å². The summed E-state index contributed by atoms with van der Waals surface area (Å²) in [6, 6.07) is 4.40. The molecule has 0 aliphatic rings. The Hall–Kier alpha value is -3.52. The first-order valence-electron chi connectivity index (χ1n) is 11.6. The van der Waals surface area contributed by atoms with Crippen LogP contribution in [0, 0.1) is 11.7 Å². The number of carbonyl (C=O) groups excluding carboxylic acids is 4. The molecule has 41 heavy (non-hydrogen) atoms. The van der Waals surface area contributed by atoms with Gasteiger partial charge in [-0.2, -0.15) is 22.0 Å². The summed E-state index contributed by atoms with van der Waals surface area (Å²) in [6.45, 7) is -0.356. The van der Waals surface area contributed by atoms with Crippen LogP contribution in [0.15, 0.2) is 42.5 Å². The number of rotatable bonds is 12. The number of halogens is 8. The van der Waals surface area contributed by atoms with Gasteiger partial charge in [-0.1, -0.05) is 49.2 Å². The summed E-state index contributed by atoms with van der Waals surface area (Å²) in [5.74, 6) is -13.5. The Balaban J connectivity index is 2.25. The molecule has 2 unspecified atom stereocenters. The summed E-state index contributed by atoms with van der Waals surface area (Å²) >= 11 is 11.7. The van der Waals surface area contributed by atoms with Crippen LogP contribution in [0.25, 0.3) is 0 Å². The van der Waals surface area contributed by atoms with Crippen LogP contribution in [0.4, 0.5) is 26.3 Å². The molecule has 16 heteroatoms. The van der Waals surface area contributed by atoms with Crippen molar-refractivity contribution in [3.05, 3.63) is 63.9 Å². The lowest BCUT2D eigenvalue weighted by Gasteiger charge is -2.27. The highest BCUT2D eigenvalue weighted by Crippen LogP contribution is 2.25. The number of Topliss-reactive ketones (excluding diaryl/α,β-unsaturated/α-hetero) is 1. The van der Waals surface area contributed by atoms with Crippen molar-refractivity contribution in [1.82, 2.24) is 16.0 Å². The predicted octanol–water partition coefficient (Wildman–Crippen LogP) is 4.39. The van der Waals surface area contributed by atoms with Crippen molar-refractivity contribution in [3.63, 3.8) is 0 Å². The predicted molar refractivity (Wildman–Crippen MR) is 135 cm³/mol. The van der Waals surface area contributed by atoms with E-state index in [1.807, 2.05) is 5.32 Å². The third-order valence-electron chi connectivity index (χ3n) is 5.27. The zero-order valence-electron chi connectivity index (χ0n) is 21.3. The molecule has 3 N–H and O–H groups in total. The number of carbonyl (C=O) groups is 4. The number of alkyl halides is 5. The molecular formula is C25H23Cl2F6N3O5. The quantitative estimate of drug-likeness (QED) is 0.238. The first-order chi connectivity index (χ1) is 18.9. The van der Waals surface area contributed by atoms with Crippen molar-refractivity contribution >= 4 is 46.7 Å². The van der Waals surface area contributed by atoms with Crippen LogP contribution in [0.1, 0.15) is 25.5 Å². The van der Waals surface area contributed by atoms with Gasteiger partial charge in [0.25, 0.3) is 11.8 Å². The lowest BCUT2D eigenvalue weighted by molar-refractivity contribution is -0.165. The highest BCUT2D eigenvalue weighted by Gasteiger charge is 2.52. The molecule has 2 aromatic rings. The molecule has 2 atom stereocenters. The van der Waals surface area contributed by atoms with Gasteiger partial charge >= 0.3 is 12.1 Å². The van der Waals surface area contributed by atoms with E-state index in [0.717, 1.165) is 29.6 Å². The fraction of sp³-hybridized carbons (Fsp3) is 0.360. The fourth-order valence-electron chi connectivity index (χ4n) is 3.29. The summed E-state index contributed by atoms with van der Waals surface area (Å²) in [6.07, 6.45) is -5.02. The summed E-state index contributed by atoms with van der Waals surface area (Å²) in [5, 5.41) is 5.60. The molecular weight excluding hydrogens is 607 g/mol. The van der Waals surface area contributed by atoms with E-state index < -0.39 is 72.6 Å². The maximum atomic E-state index is 14.5. The van der Waals surface area contributed by atoms with Gasteiger partial charge < -0.3 is 20.7 Å². The van der Waals surface area contributed by atoms with Crippen LogP contribution in [-0.4, -0.2) is 54.8 Å². The van der Waals surface area contributed by atoms with Crippen molar-refractivity contribution in [3.8, 4) is 5.75 Å². The number of ketones is 1. The van der Waals surface area contributed by atoms with E-state index in [1.165, 1.54) is 32.0 Å². The molecule has 3 amide bonds. The zero-order chi connectivity index (χ0) is 31.1. The number of hydrogen-bond donors (Lipinski definition) is 3. The van der Waals surface area contributed by atoms with E-state index in [9.17, 15) is 45.5 Å². The van der Waals surface area contributed by atoms with Crippen LogP contribution < -0.4 is 20.7 Å². The van der Waals surface area contributed by atoms with Crippen LogP contribution >= 0.6 is 23.2 Å². The van der Waals surface area contributed by atoms with Gasteiger partial charge in [0.05, 0.1) is 6.04 Å². The molecule has 0 aromatic heterocycles. The van der Waals surface area contributed by atoms with E-state index in [-0.39, 0.29) is 21.4 Å². The maximum absolute atomic E-state index is 14.5. The summed E-state index contributed by atoms with van der Waals surface area (Å²) < 4.78 is 84.9. The molecule has 0 aliphatic carbocycles. The minimum Gasteiger partial charge on any atom is -0.484 e. The Labute approximate surface area is 239 Å². The second-order valence-electron chi connectivity index (χ2n) is 8.91. The number of benzene rings is 2. The van der Waals surface area contributed by atoms with E-state index in [1.54, 1.807) is 0 Å². The molecule has 2 aromatic carbocycles. The molecule has 8 nitrogen and oxygen atoms in total. The van der Waals surface area contributed by atoms with Gasteiger partial charge in [0.15, 0.2) is 6.61 Å². The molecule has 0 saturated carbocycles. The van der Waals surface area contributed by atoms with Crippen molar-refractivity contribution in [1.29, 1.82) is 0 Å². The highest BCUT2D eigenvalue weighted by atomic mass is 35.5. The number of nitrogens with one attached hydrogen (secondary N) is 3. The average Bonchev–Trinajstić information content (AvgIpc) is 2.86. The van der Waals surface area contributed by atoms with Crippen molar-refractivity contribution in [2.75, 3.05) is 13.2 Å². The first-order valence-corrected chi connectivity index (χ1v) is 12.4. The molecule has 0 radical (unpaired) electrons. The van der Waals surface area contributed by atoms with Gasteiger partial charge in [-0.25, -0.2) is 4.39 Å². The molecule has 224 valence electrons. The second kappa shape index (κ2) is 13.9. The normalized spacial score (nSPS) is 13.2. The Bertz CT molecular complexity index is 1260. The van der Waals surface area contributed by atoms with Gasteiger partial charge in [-0.05, 0) is 41.8 Å². The van der Waals surface area contributed by atoms with E-state index in [0.29, 0.717) is 0 Å². The molecule has 0 fully saturated rings. The van der Waals surface area contributed by atoms with Crippen molar-refractivity contribution in [2.24, 2.45) is 5.92 Å². The third-order valence-corrected chi connectivity index (χ3v) is 5.70. The molecule has 0 spiro atoms. The van der Waals surface area contributed by atoms with Crippen LogP contribution in [0.2, 0.25) is 10.0 Å². The Morgan fingerprint density at radius 2 is 1.46 bits per heavy atom. The lowest BCUT2D eigenvalue weighted by Crippen LogP contribution is -2.58. The molecule has 0 bridgehead atoms. The highest BCUT2D eigenvalue weighted by molar-refractivity contribution is 6.34. The Kier molecular flexibility index (Phi) is 11.4. The van der Waals surface area contributed by atoms with E-state index in [4.69, 9.17) is 27.9 Å². The maximum Gasteiger partial charge on any atom is 0.405 e. The van der Waals surface area contributed by atoms with E-state index in [2.05, 4.69) is 5.32 Å². The topological polar surface area (TPSA) is 114 Å². The first kappa shape index (κ1) is 33.7. The van der Waals surface area contributed by atoms with Crippen molar-refractivity contribution < 1.29 is 50.3 Å². The summed E-state index contributed by atoms with van der Waals surface area (Å²) in [7, 11) is 0. The van der Waals surface area contributed by atoms with E-state index >= 15 is 0 Å². The number of ether oxygens (including phenoxy) is 1. The number of hydrogen-bond acceptors (Lipinski definition) is 5. The largest absolute Gasteiger partial charge is 0.484 e. The summed E-state index contributed by atoms with van der Waals surface area (Å²) in [4.78, 5) is 50.0. The SMILES string of the molecule is CC(C)C(NC(=O)C(NC(=O)COc1cc(Cl)cc(Cl)c1)c1ccc(F)cc1)C(=O)C(F)(F)C(=O)NCC(F)(F)F. The van der Waals surface area contributed by atoms with Gasteiger partial charge in [0.1, 0.15) is 24.2 Å². The molecule has 0 aliphatic heterocycles. The fourth-order valence-corrected chi connectivity index (χ4v) is 3.80. The molecule has 2 rings (SSSR count). The average molecular weight is 630 g/mol. The molecule has 0 saturated heterocycles. The van der Waals surface area contributed by atoms with Gasteiger partial charge in [0, 0.05) is 10.0 Å².